The van der Waals surface area contributed by atoms with Crippen LogP contribution in [0.5, 0.6) is 0 Å². The molecule has 0 saturated heterocycles. The molecule has 0 heterocycles. The number of halogens is 3. The molecule has 0 amide bonds. The van der Waals surface area contributed by atoms with Crippen LogP contribution in [-0.2, 0) is 19.9 Å². The molecule has 1 unspecified atom stereocenters. The van der Waals surface area contributed by atoms with Crippen LogP contribution in [0.25, 0.3) is 0 Å². The Morgan fingerprint density at radius 2 is 1.74 bits per heavy atom. The van der Waals surface area contributed by atoms with Gasteiger partial charge in [-0.05, 0) is 5.56 Å². The van der Waals surface area contributed by atoms with Gasteiger partial charge in [0.1, 0.15) is 5.60 Å². The van der Waals surface area contributed by atoms with Gasteiger partial charge < -0.3 is 5.11 Å². The van der Waals surface area contributed by atoms with Crippen molar-refractivity contribution in [3.05, 3.63) is 35.9 Å². The maximum atomic E-state index is 11.0. The molecule has 0 bridgehead atoms. The average Bonchev–Trinajstić information content (AvgIpc) is 2.25. The highest BCUT2D eigenvalue weighted by molar-refractivity contribution is 7.85. The van der Waals surface area contributed by atoms with Crippen molar-refractivity contribution >= 4 is 44.9 Å². The predicted octanol–water partition coefficient (Wildman–Crippen LogP) is 2.61. The molecule has 0 aromatic heterocycles. The van der Waals surface area contributed by atoms with E-state index < -0.39 is 26.1 Å². The first kappa shape index (κ1) is 17.0. The summed E-state index contributed by atoms with van der Waals surface area (Å²) in [6.45, 7) is -0.524. The van der Waals surface area contributed by atoms with Gasteiger partial charge in [0.05, 0.1) is 12.9 Å². The first-order valence-electron chi connectivity index (χ1n) is 5.21. The number of alkyl halides is 3. The lowest BCUT2D eigenvalue weighted by Crippen LogP contribution is -2.36. The van der Waals surface area contributed by atoms with Gasteiger partial charge in [-0.2, -0.15) is 8.42 Å². The summed E-state index contributed by atoms with van der Waals surface area (Å²) >= 11 is 17.0. The molecule has 0 aliphatic carbocycles. The Balaban J connectivity index is 3.04. The van der Waals surface area contributed by atoms with Gasteiger partial charge >= 0.3 is 0 Å². The monoisotopic (exact) mass is 346 g/mol. The van der Waals surface area contributed by atoms with Crippen LogP contribution in [0.1, 0.15) is 12.0 Å². The van der Waals surface area contributed by atoms with E-state index in [4.69, 9.17) is 34.8 Å². The Bertz CT molecular complexity index is 512. The molecular formula is C11H13Cl3O4S. The van der Waals surface area contributed by atoms with Crippen molar-refractivity contribution in [2.45, 2.75) is 15.8 Å². The quantitative estimate of drug-likeness (QED) is 0.657. The molecule has 4 nitrogen and oxygen atoms in total. The highest BCUT2D eigenvalue weighted by Crippen LogP contribution is 2.40. The van der Waals surface area contributed by atoms with Crippen molar-refractivity contribution in [3.63, 3.8) is 0 Å². The maximum Gasteiger partial charge on any atom is 0.264 e. The molecule has 1 N–H and O–H groups in total. The zero-order valence-corrected chi connectivity index (χ0v) is 13.1. The summed E-state index contributed by atoms with van der Waals surface area (Å²) in [5.74, 6) is 0. The lowest BCUT2D eigenvalue weighted by Gasteiger charge is -2.30. The first-order chi connectivity index (χ1) is 8.52. The number of benzene rings is 1. The Kier molecular flexibility index (Phi) is 5.52. The smallest absolute Gasteiger partial charge is 0.264 e. The number of hydrogen-bond acceptors (Lipinski definition) is 4. The largest absolute Gasteiger partial charge is 0.383 e. The highest BCUT2D eigenvalue weighted by Gasteiger charge is 2.39. The van der Waals surface area contributed by atoms with Gasteiger partial charge in [0.2, 0.25) is 0 Å². The molecule has 1 aromatic rings. The third-order valence-corrected chi connectivity index (χ3v) is 3.26. The fourth-order valence-electron chi connectivity index (χ4n) is 1.52. The number of aliphatic hydroxyl groups is 1. The minimum atomic E-state index is -3.71. The predicted molar refractivity (Wildman–Crippen MR) is 76.0 cm³/mol. The molecule has 8 heteroatoms. The van der Waals surface area contributed by atoms with Crippen molar-refractivity contribution in [3.8, 4) is 0 Å². The minimum Gasteiger partial charge on any atom is -0.383 e. The van der Waals surface area contributed by atoms with Crippen molar-refractivity contribution in [1.29, 1.82) is 0 Å². The fourth-order valence-corrected chi connectivity index (χ4v) is 2.59. The molecule has 19 heavy (non-hydrogen) atoms. The molecule has 1 rings (SSSR count). The van der Waals surface area contributed by atoms with Gasteiger partial charge in [-0.1, -0.05) is 65.1 Å². The van der Waals surface area contributed by atoms with Gasteiger partial charge in [0.25, 0.3) is 10.1 Å². The second-order valence-electron chi connectivity index (χ2n) is 4.16. The minimum absolute atomic E-state index is 0.301. The van der Waals surface area contributed by atoms with E-state index in [2.05, 4.69) is 4.18 Å². The summed E-state index contributed by atoms with van der Waals surface area (Å²) in [6.07, 6.45) is 0.581. The third-order valence-electron chi connectivity index (χ3n) is 2.32. The molecule has 1 aromatic carbocycles. The molecule has 0 saturated carbocycles. The standard InChI is InChI=1S/C11H13Cl3O4S/c1-19(16,17)18-8-10(15,7-11(12,13)14)9-5-3-2-4-6-9/h2-6,15H,7-8H2,1H3. The molecule has 0 radical (unpaired) electrons. The summed E-state index contributed by atoms with van der Waals surface area (Å²) in [4.78, 5) is 0. The second-order valence-corrected chi connectivity index (χ2v) is 8.32. The first-order valence-corrected chi connectivity index (χ1v) is 8.16. The van der Waals surface area contributed by atoms with Gasteiger partial charge in [0, 0.05) is 6.42 Å². The Hall–Kier alpha value is -0.0400. The van der Waals surface area contributed by atoms with E-state index >= 15 is 0 Å². The molecule has 1 atom stereocenters. The van der Waals surface area contributed by atoms with E-state index in [-0.39, 0.29) is 6.42 Å². The Morgan fingerprint density at radius 1 is 1.21 bits per heavy atom. The van der Waals surface area contributed by atoms with E-state index in [1.54, 1.807) is 30.3 Å². The summed E-state index contributed by atoms with van der Waals surface area (Å²) < 4.78 is 25.0. The van der Waals surface area contributed by atoms with Crippen LogP contribution in [0.15, 0.2) is 30.3 Å². The van der Waals surface area contributed by atoms with E-state index in [1.807, 2.05) is 0 Å². The van der Waals surface area contributed by atoms with Crippen LogP contribution in [0, 0.1) is 0 Å². The van der Waals surface area contributed by atoms with Gasteiger partial charge in [-0.15, -0.1) is 0 Å². The zero-order valence-electron chi connectivity index (χ0n) is 10.0. The molecular weight excluding hydrogens is 335 g/mol. The highest BCUT2D eigenvalue weighted by atomic mass is 35.6. The molecule has 0 spiro atoms. The van der Waals surface area contributed by atoms with Crippen LogP contribution in [0.2, 0.25) is 0 Å². The molecule has 0 aliphatic heterocycles. The van der Waals surface area contributed by atoms with E-state index in [1.165, 1.54) is 0 Å². The van der Waals surface area contributed by atoms with E-state index in [9.17, 15) is 13.5 Å². The Labute approximate surface area is 127 Å². The normalized spacial score (nSPS) is 16.1. The van der Waals surface area contributed by atoms with Crippen LogP contribution in [0.4, 0.5) is 0 Å². The molecule has 0 fully saturated rings. The van der Waals surface area contributed by atoms with Crippen molar-refractivity contribution in [2.24, 2.45) is 0 Å². The van der Waals surface area contributed by atoms with Crippen LogP contribution in [-0.4, -0.2) is 30.2 Å². The summed E-state index contributed by atoms with van der Waals surface area (Å²) in [5.41, 5.74) is -1.31. The summed E-state index contributed by atoms with van der Waals surface area (Å²) in [6, 6.07) is 8.30. The topological polar surface area (TPSA) is 63.6 Å². The van der Waals surface area contributed by atoms with E-state index in [0.717, 1.165) is 6.26 Å². The van der Waals surface area contributed by atoms with Crippen LogP contribution < -0.4 is 0 Å². The number of rotatable bonds is 5. The van der Waals surface area contributed by atoms with Crippen LogP contribution >= 0.6 is 34.8 Å². The maximum absolute atomic E-state index is 11.0. The summed E-state index contributed by atoms with van der Waals surface area (Å²) in [7, 11) is -3.71. The number of hydrogen-bond donors (Lipinski definition) is 1. The fraction of sp³-hybridized carbons (Fsp3) is 0.455. The molecule has 0 aliphatic rings. The second kappa shape index (κ2) is 6.16. The zero-order chi connectivity index (χ0) is 14.7. The van der Waals surface area contributed by atoms with Gasteiger partial charge in [-0.25, -0.2) is 0 Å². The van der Waals surface area contributed by atoms with Crippen LogP contribution in [0.3, 0.4) is 0 Å². The van der Waals surface area contributed by atoms with E-state index in [0.29, 0.717) is 5.56 Å². The van der Waals surface area contributed by atoms with Gasteiger partial charge in [-0.3, -0.25) is 4.18 Å². The molecule has 108 valence electrons. The SMILES string of the molecule is CS(=O)(=O)OCC(O)(CC(Cl)(Cl)Cl)c1ccccc1. The lowest BCUT2D eigenvalue weighted by molar-refractivity contribution is -0.0138. The third kappa shape index (κ3) is 6.29. The Morgan fingerprint density at radius 3 is 2.16 bits per heavy atom. The summed E-state index contributed by atoms with van der Waals surface area (Å²) in [5, 5.41) is 10.5. The van der Waals surface area contributed by atoms with Crippen molar-refractivity contribution < 1.29 is 17.7 Å². The average molecular weight is 348 g/mol. The van der Waals surface area contributed by atoms with Crippen molar-refractivity contribution in [1.82, 2.24) is 0 Å². The van der Waals surface area contributed by atoms with Gasteiger partial charge in [0.15, 0.2) is 3.79 Å². The van der Waals surface area contributed by atoms with Crippen molar-refractivity contribution in [2.75, 3.05) is 12.9 Å². The lowest BCUT2D eigenvalue weighted by atomic mass is 9.92.